The third-order valence-electron chi connectivity index (χ3n) is 5.98. The molecule has 1 unspecified atom stereocenters. The molecule has 1 aromatic carbocycles. The number of nitrogens with zero attached hydrogens (tertiary/aromatic N) is 3. The van der Waals surface area contributed by atoms with E-state index in [1.807, 2.05) is 24.1 Å². The average Bonchev–Trinajstić information content (AvgIpc) is 2.73. The summed E-state index contributed by atoms with van der Waals surface area (Å²) in [5, 5.41) is 0. The number of likely N-dealkylation sites (N-methyl/N-ethyl adjacent to an activating group) is 1. The molecule has 2 saturated heterocycles. The van der Waals surface area contributed by atoms with Gasteiger partial charge in [-0.1, -0.05) is 12.1 Å². The Kier molecular flexibility index (Phi) is 5.42. The molecule has 2 aliphatic rings. The molecule has 2 fully saturated rings. The maximum Gasteiger partial charge on any atom is 0.222 e. The first kappa shape index (κ1) is 19.3. The quantitative estimate of drug-likeness (QED) is 0.790. The second-order valence-electron chi connectivity index (χ2n) is 7.84. The number of rotatable bonds is 3. The molecule has 1 amide bonds. The number of likely N-dealkylation sites (tertiary alicyclic amines) is 1. The minimum absolute atomic E-state index is 0.0470. The Hall–Kier alpha value is -1.44. The van der Waals surface area contributed by atoms with E-state index in [2.05, 4.69) is 16.8 Å². The number of benzene rings is 1. The lowest BCUT2D eigenvalue weighted by molar-refractivity contribution is -0.129. The lowest BCUT2D eigenvalue weighted by atomic mass is 9.86. The van der Waals surface area contributed by atoms with Crippen molar-refractivity contribution in [2.24, 2.45) is 0 Å². The maximum atomic E-state index is 12.1. The van der Waals surface area contributed by atoms with E-state index >= 15 is 0 Å². The minimum atomic E-state index is -3.15. The van der Waals surface area contributed by atoms with Gasteiger partial charge in [-0.3, -0.25) is 14.6 Å². The molecule has 144 valence electrons. The molecule has 0 N–H and O–H groups in total. The second kappa shape index (κ2) is 7.29. The number of hydrogen-bond donors (Lipinski definition) is 0. The van der Waals surface area contributed by atoms with Crippen molar-refractivity contribution in [1.82, 2.24) is 14.7 Å². The molecule has 0 aliphatic carbocycles. The van der Waals surface area contributed by atoms with Crippen molar-refractivity contribution in [2.75, 3.05) is 46.5 Å². The molecule has 2 heterocycles. The molecule has 26 heavy (non-hydrogen) atoms. The topological polar surface area (TPSA) is 60.9 Å². The first-order valence-corrected chi connectivity index (χ1v) is 11.1. The molecule has 7 heteroatoms. The van der Waals surface area contributed by atoms with Crippen molar-refractivity contribution in [1.29, 1.82) is 0 Å². The van der Waals surface area contributed by atoms with Crippen LogP contribution < -0.4 is 0 Å². The van der Waals surface area contributed by atoms with Crippen LogP contribution in [0.2, 0.25) is 0 Å². The normalized spacial score (nSPS) is 26.3. The third-order valence-corrected chi connectivity index (χ3v) is 7.11. The highest BCUT2D eigenvalue weighted by atomic mass is 32.2. The van der Waals surface area contributed by atoms with Gasteiger partial charge in [0, 0.05) is 58.0 Å². The van der Waals surface area contributed by atoms with E-state index in [0.717, 1.165) is 51.1 Å². The Morgan fingerprint density at radius 1 is 1.04 bits per heavy atom. The number of carbonyl (C=O) groups is 1. The first-order valence-electron chi connectivity index (χ1n) is 9.16. The van der Waals surface area contributed by atoms with Gasteiger partial charge < -0.3 is 4.90 Å². The van der Waals surface area contributed by atoms with Gasteiger partial charge in [0.1, 0.15) is 0 Å². The average molecular weight is 380 g/mol. The molecule has 0 aromatic heterocycles. The molecular formula is C19H29N3O3S. The predicted molar refractivity (Wildman–Crippen MR) is 102 cm³/mol. The smallest absolute Gasteiger partial charge is 0.222 e. The fraction of sp³-hybridized carbons (Fsp3) is 0.632. The summed E-state index contributed by atoms with van der Waals surface area (Å²) < 4.78 is 23.2. The van der Waals surface area contributed by atoms with Crippen LogP contribution in [0.5, 0.6) is 0 Å². The Balaban J connectivity index is 1.71. The van der Waals surface area contributed by atoms with Gasteiger partial charge in [0.2, 0.25) is 5.91 Å². The Morgan fingerprint density at radius 3 is 2.38 bits per heavy atom. The van der Waals surface area contributed by atoms with Gasteiger partial charge in [0.25, 0.3) is 0 Å². The zero-order valence-electron chi connectivity index (χ0n) is 15.9. The molecule has 0 saturated carbocycles. The van der Waals surface area contributed by atoms with Crippen molar-refractivity contribution in [3.63, 3.8) is 0 Å². The standard InChI is InChI=1S/C19H29N3O3S/c1-20-11-10-19(9-8-18(20)23)15-22(13-12-21(19)2)14-16-4-6-17(7-5-16)26(3,24)25/h4-7H,8-15H2,1-3H3. The van der Waals surface area contributed by atoms with Gasteiger partial charge in [-0.15, -0.1) is 0 Å². The van der Waals surface area contributed by atoms with E-state index in [-0.39, 0.29) is 11.4 Å². The molecule has 6 nitrogen and oxygen atoms in total. The van der Waals surface area contributed by atoms with Crippen molar-refractivity contribution >= 4 is 15.7 Å². The third kappa shape index (κ3) is 4.10. The van der Waals surface area contributed by atoms with Crippen LogP contribution in [0, 0.1) is 0 Å². The molecule has 1 aromatic rings. The number of piperazine rings is 1. The summed E-state index contributed by atoms with van der Waals surface area (Å²) in [6, 6.07) is 7.20. The summed E-state index contributed by atoms with van der Waals surface area (Å²) in [6.45, 7) is 4.52. The van der Waals surface area contributed by atoms with Crippen molar-refractivity contribution in [3.8, 4) is 0 Å². The van der Waals surface area contributed by atoms with Crippen LogP contribution in [-0.2, 0) is 21.2 Å². The van der Waals surface area contributed by atoms with Crippen LogP contribution in [-0.4, -0.2) is 81.1 Å². The van der Waals surface area contributed by atoms with Crippen LogP contribution in [0.3, 0.4) is 0 Å². The predicted octanol–water partition coefficient (Wildman–Crippen LogP) is 1.22. The summed E-state index contributed by atoms with van der Waals surface area (Å²) >= 11 is 0. The van der Waals surface area contributed by atoms with Crippen LogP contribution in [0.1, 0.15) is 24.8 Å². The zero-order valence-corrected chi connectivity index (χ0v) is 16.8. The Labute approximate surface area is 156 Å². The highest BCUT2D eigenvalue weighted by Crippen LogP contribution is 2.32. The lowest BCUT2D eigenvalue weighted by Gasteiger charge is -2.49. The van der Waals surface area contributed by atoms with Gasteiger partial charge in [0.15, 0.2) is 9.84 Å². The van der Waals surface area contributed by atoms with E-state index in [1.165, 1.54) is 6.26 Å². The van der Waals surface area contributed by atoms with Gasteiger partial charge in [-0.2, -0.15) is 0 Å². The largest absolute Gasteiger partial charge is 0.346 e. The van der Waals surface area contributed by atoms with Crippen LogP contribution in [0.4, 0.5) is 0 Å². The van der Waals surface area contributed by atoms with Gasteiger partial charge in [-0.05, 0) is 37.6 Å². The molecule has 0 radical (unpaired) electrons. The number of hydrogen-bond acceptors (Lipinski definition) is 5. The lowest BCUT2D eigenvalue weighted by Crippen LogP contribution is -2.60. The summed E-state index contributed by atoms with van der Waals surface area (Å²) in [5.74, 6) is 0.240. The molecular weight excluding hydrogens is 350 g/mol. The monoisotopic (exact) mass is 379 g/mol. The molecule has 3 rings (SSSR count). The zero-order chi connectivity index (χ0) is 18.9. The Bertz CT molecular complexity index is 763. The van der Waals surface area contributed by atoms with Crippen molar-refractivity contribution in [2.45, 2.75) is 36.2 Å². The summed E-state index contributed by atoms with van der Waals surface area (Å²) in [6.07, 6.45) is 3.74. The number of carbonyl (C=O) groups excluding carboxylic acids is 1. The first-order chi connectivity index (χ1) is 12.2. The Morgan fingerprint density at radius 2 is 1.73 bits per heavy atom. The molecule has 0 bridgehead atoms. The van der Waals surface area contributed by atoms with Crippen LogP contribution >= 0.6 is 0 Å². The highest BCUT2D eigenvalue weighted by Gasteiger charge is 2.41. The molecule has 1 spiro atoms. The van der Waals surface area contributed by atoms with Crippen molar-refractivity contribution in [3.05, 3.63) is 29.8 Å². The second-order valence-corrected chi connectivity index (χ2v) is 9.85. The number of amides is 1. The van der Waals surface area contributed by atoms with Crippen LogP contribution in [0.15, 0.2) is 29.2 Å². The van der Waals surface area contributed by atoms with Crippen LogP contribution in [0.25, 0.3) is 0 Å². The van der Waals surface area contributed by atoms with Gasteiger partial charge in [0.05, 0.1) is 4.90 Å². The molecule has 2 aliphatic heterocycles. The fourth-order valence-electron chi connectivity index (χ4n) is 4.08. The number of sulfone groups is 1. The van der Waals surface area contributed by atoms with Crippen molar-refractivity contribution < 1.29 is 13.2 Å². The fourth-order valence-corrected chi connectivity index (χ4v) is 4.71. The van der Waals surface area contributed by atoms with E-state index in [4.69, 9.17) is 0 Å². The maximum absolute atomic E-state index is 12.1. The van der Waals surface area contributed by atoms with E-state index in [1.54, 1.807) is 12.1 Å². The van der Waals surface area contributed by atoms with E-state index in [9.17, 15) is 13.2 Å². The summed E-state index contributed by atoms with van der Waals surface area (Å²) in [5.41, 5.74) is 1.17. The van der Waals surface area contributed by atoms with Gasteiger partial charge >= 0.3 is 0 Å². The minimum Gasteiger partial charge on any atom is -0.346 e. The van der Waals surface area contributed by atoms with E-state index < -0.39 is 9.84 Å². The summed E-state index contributed by atoms with van der Waals surface area (Å²) in [4.78, 5) is 19.2. The summed E-state index contributed by atoms with van der Waals surface area (Å²) in [7, 11) is 0.915. The van der Waals surface area contributed by atoms with E-state index in [0.29, 0.717) is 11.3 Å². The highest BCUT2D eigenvalue weighted by molar-refractivity contribution is 7.90. The SMILES string of the molecule is CN1CCC2(CCC1=O)CN(Cc1ccc(S(C)(=O)=O)cc1)CCN2C. The molecule has 1 atom stereocenters. The van der Waals surface area contributed by atoms with Gasteiger partial charge in [-0.25, -0.2) is 8.42 Å².